The highest BCUT2D eigenvalue weighted by Gasteiger charge is 2.38. The van der Waals surface area contributed by atoms with E-state index in [1.165, 1.54) is 6.08 Å². The lowest BCUT2D eigenvalue weighted by molar-refractivity contribution is -0.116. The van der Waals surface area contributed by atoms with Gasteiger partial charge in [0.2, 0.25) is 0 Å². The molecule has 2 heterocycles. The maximum atomic E-state index is 12.7. The second kappa shape index (κ2) is 8.17. The van der Waals surface area contributed by atoms with E-state index in [4.69, 9.17) is 4.99 Å². The Balaban J connectivity index is 1.82. The fraction of sp³-hybridized carbons (Fsp3) is 0.333. The van der Waals surface area contributed by atoms with E-state index in [1.807, 2.05) is 39.2 Å². The molecule has 0 spiro atoms. The van der Waals surface area contributed by atoms with Gasteiger partial charge in [0.1, 0.15) is 0 Å². The lowest BCUT2D eigenvalue weighted by atomic mass is 9.87. The molecule has 1 amide bonds. The Morgan fingerprint density at radius 2 is 1.48 bits per heavy atom. The molecule has 31 heavy (non-hydrogen) atoms. The van der Waals surface area contributed by atoms with Crippen molar-refractivity contribution in [2.45, 2.75) is 12.8 Å². The Bertz CT molecular complexity index is 1110. The zero-order chi connectivity index (χ0) is 22.3. The summed E-state index contributed by atoms with van der Waals surface area (Å²) in [7, 11) is 7.82. The van der Waals surface area contributed by atoms with Crippen LogP contribution < -0.4 is 5.32 Å². The molecule has 7 heteroatoms. The standard InChI is InChI=1S/C24H26N4O3/c1-27(2)12-10-14-20-17(6-5-7-18(20)29)25-22(14)16-8-9-19(30)21-15(11-13-28(3)4)24(31)26-23(16)21/h5-9H,10-13H2,1-4H3,(H,26,31). The molecular formula is C24H26N4O3. The zero-order valence-electron chi connectivity index (χ0n) is 18.3. The van der Waals surface area contributed by atoms with Crippen LogP contribution in [0.2, 0.25) is 0 Å². The number of rotatable bonds is 7. The molecule has 0 saturated heterocycles. The lowest BCUT2D eigenvalue weighted by Crippen LogP contribution is -2.23. The summed E-state index contributed by atoms with van der Waals surface area (Å²) in [6.45, 7) is 1.41. The average molecular weight is 418 g/mol. The highest BCUT2D eigenvalue weighted by Crippen LogP contribution is 2.38. The molecule has 7 nitrogen and oxygen atoms in total. The Morgan fingerprint density at radius 1 is 0.839 bits per heavy atom. The summed E-state index contributed by atoms with van der Waals surface area (Å²) >= 11 is 0. The zero-order valence-corrected chi connectivity index (χ0v) is 18.3. The van der Waals surface area contributed by atoms with E-state index in [0.717, 1.165) is 12.1 Å². The Morgan fingerprint density at radius 3 is 2.16 bits per heavy atom. The Hall–Kier alpha value is -3.16. The van der Waals surface area contributed by atoms with Crippen molar-refractivity contribution in [1.29, 1.82) is 0 Å². The molecule has 0 aromatic heterocycles. The van der Waals surface area contributed by atoms with Crippen molar-refractivity contribution >= 4 is 23.2 Å². The van der Waals surface area contributed by atoms with E-state index in [2.05, 4.69) is 10.2 Å². The van der Waals surface area contributed by atoms with E-state index < -0.39 is 0 Å². The van der Waals surface area contributed by atoms with Crippen molar-refractivity contribution in [3.8, 4) is 0 Å². The van der Waals surface area contributed by atoms with Gasteiger partial charge in [-0.2, -0.15) is 0 Å². The number of allylic oxidation sites excluding steroid dienone is 8. The van der Waals surface area contributed by atoms with Crippen molar-refractivity contribution in [2.75, 3.05) is 41.3 Å². The van der Waals surface area contributed by atoms with E-state index in [9.17, 15) is 14.4 Å². The van der Waals surface area contributed by atoms with Gasteiger partial charge in [0.25, 0.3) is 5.91 Å². The summed E-state index contributed by atoms with van der Waals surface area (Å²) in [5.41, 5.74) is 4.89. The van der Waals surface area contributed by atoms with Crippen LogP contribution in [0, 0.1) is 0 Å². The maximum absolute atomic E-state index is 12.7. The molecular weight excluding hydrogens is 392 g/mol. The molecule has 1 N–H and O–H groups in total. The van der Waals surface area contributed by atoms with E-state index in [0.29, 0.717) is 58.8 Å². The van der Waals surface area contributed by atoms with Crippen LogP contribution in [0.25, 0.3) is 0 Å². The quantitative estimate of drug-likeness (QED) is 0.677. The van der Waals surface area contributed by atoms with Crippen molar-refractivity contribution in [3.63, 3.8) is 0 Å². The summed E-state index contributed by atoms with van der Waals surface area (Å²) in [5.74, 6) is -0.484. The van der Waals surface area contributed by atoms with Crippen molar-refractivity contribution in [1.82, 2.24) is 15.1 Å². The second-order valence-electron chi connectivity index (χ2n) is 8.49. The van der Waals surface area contributed by atoms with E-state index in [-0.39, 0.29) is 17.5 Å². The number of nitrogens with zero attached hydrogens (tertiary/aromatic N) is 3. The molecule has 0 aromatic carbocycles. The minimum Gasteiger partial charge on any atom is -0.321 e. The number of amides is 1. The minimum absolute atomic E-state index is 0.0654. The third-order valence-electron chi connectivity index (χ3n) is 5.68. The van der Waals surface area contributed by atoms with Gasteiger partial charge in [-0.05, 0) is 70.9 Å². The van der Waals surface area contributed by atoms with Gasteiger partial charge in [0, 0.05) is 24.2 Å². The molecule has 0 bridgehead atoms. The number of carbonyl (C=O) groups excluding carboxylic acids is 3. The highest BCUT2D eigenvalue weighted by molar-refractivity contribution is 6.29. The predicted molar refractivity (Wildman–Crippen MR) is 119 cm³/mol. The third-order valence-corrected chi connectivity index (χ3v) is 5.68. The van der Waals surface area contributed by atoms with Gasteiger partial charge in [0.05, 0.1) is 28.3 Å². The number of aliphatic imine (C=N–C) groups is 1. The summed E-state index contributed by atoms with van der Waals surface area (Å²) in [6.07, 6.45) is 9.41. The van der Waals surface area contributed by atoms with Crippen LogP contribution in [0.3, 0.4) is 0 Å². The smallest absolute Gasteiger partial charge is 0.252 e. The molecule has 160 valence electrons. The normalized spacial score (nSPS) is 20.3. The summed E-state index contributed by atoms with van der Waals surface area (Å²) < 4.78 is 0. The van der Waals surface area contributed by atoms with Crippen LogP contribution in [-0.4, -0.2) is 74.3 Å². The van der Waals surface area contributed by atoms with Gasteiger partial charge < -0.3 is 15.1 Å². The molecule has 2 aliphatic heterocycles. The number of nitrogens with one attached hydrogen (secondary N) is 1. The molecule has 0 saturated carbocycles. The van der Waals surface area contributed by atoms with Crippen molar-refractivity contribution in [3.05, 3.63) is 69.6 Å². The van der Waals surface area contributed by atoms with Crippen molar-refractivity contribution in [2.24, 2.45) is 4.99 Å². The van der Waals surface area contributed by atoms with E-state index in [1.54, 1.807) is 18.2 Å². The van der Waals surface area contributed by atoms with Crippen LogP contribution in [0.1, 0.15) is 12.8 Å². The topological polar surface area (TPSA) is 82.1 Å². The summed E-state index contributed by atoms with van der Waals surface area (Å²) in [6, 6.07) is 0. The van der Waals surface area contributed by atoms with Crippen LogP contribution in [-0.2, 0) is 14.4 Å². The molecule has 2 aliphatic carbocycles. The fourth-order valence-electron chi connectivity index (χ4n) is 4.11. The minimum atomic E-state index is -0.239. The number of hydrogen-bond acceptors (Lipinski definition) is 6. The number of hydrogen-bond donors (Lipinski definition) is 1. The van der Waals surface area contributed by atoms with Gasteiger partial charge in [-0.1, -0.05) is 6.08 Å². The molecule has 4 rings (SSSR count). The number of ketones is 2. The second-order valence-corrected chi connectivity index (χ2v) is 8.49. The maximum Gasteiger partial charge on any atom is 0.252 e. The summed E-state index contributed by atoms with van der Waals surface area (Å²) in [4.78, 5) is 46.9. The first-order valence-corrected chi connectivity index (χ1v) is 10.3. The largest absolute Gasteiger partial charge is 0.321 e. The van der Waals surface area contributed by atoms with Crippen LogP contribution >= 0.6 is 0 Å². The van der Waals surface area contributed by atoms with E-state index >= 15 is 0 Å². The van der Waals surface area contributed by atoms with Crippen LogP contribution in [0.15, 0.2) is 74.6 Å². The lowest BCUT2D eigenvalue weighted by Gasteiger charge is -2.18. The molecule has 4 aliphatic rings. The first-order chi connectivity index (χ1) is 14.8. The first kappa shape index (κ1) is 21.1. The van der Waals surface area contributed by atoms with Gasteiger partial charge in [0.15, 0.2) is 11.6 Å². The van der Waals surface area contributed by atoms with Crippen molar-refractivity contribution < 1.29 is 14.4 Å². The van der Waals surface area contributed by atoms with Gasteiger partial charge in [-0.25, -0.2) is 4.99 Å². The van der Waals surface area contributed by atoms with Gasteiger partial charge in [-0.3, -0.25) is 14.4 Å². The predicted octanol–water partition coefficient (Wildman–Crippen LogP) is 1.48. The molecule has 0 radical (unpaired) electrons. The molecule has 0 unspecified atom stereocenters. The van der Waals surface area contributed by atoms with Gasteiger partial charge >= 0.3 is 0 Å². The monoisotopic (exact) mass is 418 g/mol. The van der Waals surface area contributed by atoms with Crippen LogP contribution in [0.5, 0.6) is 0 Å². The highest BCUT2D eigenvalue weighted by atomic mass is 16.2. The fourth-order valence-corrected chi connectivity index (χ4v) is 4.11. The molecule has 0 fully saturated rings. The average Bonchev–Trinajstić information content (AvgIpc) is 3.24. The van der Waals surface area contributed by atoms with Crippen LogP contribution in [0.4, 0.5) is 0 Å². The Labute approximate surface area is 181 Å². The molecule has 0 aromatic rings. The first-order valence-electron chi connectivity index (χ1n) is 10.3. The Kier molecular flexibility index (Phi) is 5.56. The third kappa shape index (κ3) is 3.82. The number of carbonyl (C=O) groups is 3. The summed E-state index contributed by atoms with van der Waals surface area (Å²) in [5, 5.41) is 2.91. The van der Waals surface area contributed by atoms with Gasteiger partial charge in [-0.15, -0.1) is 0 Å². The number of fused-ring (bicyclic) bond motifs is 2. The molecule has 0 atom stereocenters. The SMILES string of the molecule is CN(C)CCC1=C2C(=O)C=CC=C2N=C1C1=C2NC(=O)C(CCN(C)C)=C2C(=O)C=C1.